The molecule has 0 radical (unpaired) electrons. The number of nitrogens with one attached hydrogen (secondary N) is 2. The number of hydrogen-bond acceptors (Lipinski definition) is 9. The van der Waals surface area contributed by atoms with Crippen molar-refractivity contribution in [2.24, 2.45) is 4.99 Å². The molecule has 4 rings (SSSR count). The molecule has 15 heteroatoms. The molecule has 1 spiro atoms. The van der Waals surface area contributed by atoms with E-state index in [4.69, 9.17) is 28.7 Å². The Kier molecular flexibility index (Phi) is 9.81. The number of likely N-dealkylation sites (tertiary alicyclic amines) is 1. The van der Waals surface area contributed by atoms with Gasteiger partial charge in [0.05, 0.1) is 13.7 Å². The van der Waals surface area contributed by atoms with Crippen LogP contribution in [0, 0.1) is 0 Å². The number of rotatable bonds is 4. The average Bonchev–Trinajstić information content (AvgIpc) is 3.52. The van der Waals surface area contributed by atoms with Crippen molar-refractivity contribution in [3.63, 3.8) is 0 Å². The Bertz CT molecular complexity index is 1320. The van der Waals surface area contributed by atoms with Gasteiger partial charge in [-0.25, -0.2) is 24.3 Å². The quantitative estimate of drug-likeness (QED) is 0.387. The molecule has 13 nitrogen and oxygen atoms in total. The first-order valence-corrected chi connectivity index (χ1v) is 16.3. The second kappa shape index (κ2) is 12.5. The van der Waals surface area contributed by atoms with Crippen molar-refractivity contribution in [3.05, 3.63) is 29.8 Å². The smallest absolute Gasteiger partial charge is 0.419 e. The number of carbonyl (C=O) groups is 3. The molecule has 4 amide bonds. The van der Waals surface area contributed by atoms with Gasteiger partial charge in [0, 0.05) is 13.1 Å². The van der Waals surface area contributed by atoms with Crippen LogP contribution in [0.3, 0.4) is 0 Å². The van der Waals surface area contributed by atoms with Gasteiger partial charge in [-0.15, -0.1) is 0 Å². The molecular weight excluding hydrogens is 718 g/mol. The van der Waals surface area contributed by atoms with E-state index < -0.39 is 56.2 Å². The van der Waals surface area contributed by atoms with Crippen molar-refractivity contribution in [2.75, 3.05) is 20.3 Å². The summed E-state index contributed by atoms with van der Waals surface area (Å²) in [7, 11) is 1.58. The summed E-state index contributed by atoms with van der Waals surface area (Å²) in [6.45, 7) is 14.4. The molecule has 1 aromatic carbocycles. The van der Waals surface area contributed by atoms with E-state index >= 15 is 0 Å². The fraction of sp³-hybridized carbons (Fsp3) is 0.667. The summed E-state index contributed by atoms with van der Waals surface area (Å²) in [4.78, 5) is 49.1. The predicted molar refractivity (Wildman–Crippen MR) is 173 cm³/mol. The number of ether oxygens (including phenoxy) is 5. The number of nitrogens with zero attached hydrogens (tertiary/aromatic N) is 3. The summed E-state index contributed by atoms with van der Waals surface area (Å²) in [5, 5.41) is 5.63. The summed E-state index contributed by atoms with van der Waals surface area (Å²) in [6, 6.07) is 5.88. The zero-order valence-corrected chi connectivity index (χ0v) is 30.3. The van der Waals surface area contributed by atoms with Gasteiger partial charge in [-0.2, -0.15) is 0 Å². The number of halogens is 2. The van der Waals surface area contributed by atoms with Gasteiger partial charge in [-0.05, 0) is 79.5 Å². The number of carbonyl (C=O) groups excluding carboxylic acids is 3. The Morgan fingerprint density at radius 2 is 1.67 bits per heavy atom. The first-order valence-electron chi connectivity index (χ1n) is 14.7. The fourth-order valence-electron chi connectivity index (χ4n) is 5.54. The predicted octanol–water partition coefficient (Wildman–Crippen LogP) is 5.44. The highest BCUT2D eigenvalue weighted by Gasteiger charge is 2.74. The highest BCUT2D eigenvalue weighted by atomic mass is 79.9. The van der Waals surface area contributed by atoms with Crippen molar-refractivity contribution in [2.45, 2.75) is 106 Å². The van der Waals surface area contributed by atoms with Crippen molar-refractivity contribution in [1.29, 1.82) is 0 Å². The third kappa shape index (κ3) is 7.52. The number of guanidine groups is 1. The standard InChI is InChI=1S/C30H43Br2N5O8/c1-26(2,3)44-24(39)35-22-34-21(20-17-42-28(7,8)43-20)30(37(22)25(40)45-27(4,5)6)29(31,32)14-15-36(30)23(38)33-16-18-10-12-19(41-9)13-11-18/h10-13,20-21H,14-17H2,1-9H3,(H,33,38)(H,34,35,39)/t20-,21?,30+/m1/s1. The Morgan fingerprint density at radius 1 is 1.04 bits per heavy atom. The SMILES string of the molecule is COc1ccc(CNC(=O)N2CCC(Br)(Br)[C@@]23C([C@H]2COC(C)(C)O2)N=C(NC(=O)OC(C)(C)C)N3C(=O)OC(C)(C)C)cc1. The minimum Gasteiger partial charge on any atom is -0.497 e. The van der Waals surface area contributed by atoms with Gasteiger partial charge in [0.15, 0.2) is 11.4 Å². The molecule has 0 aromatic heterocycles. The number of benzene rings is 1. The minimum atomic E-state index is -1.63. The maximum Gasteiger partial charge on any atom is 0.419 e. The second-order valence-corrected chi connectivity index (χ2v) is 17.3. The Hall–Kier alpha value is -2.62. The second-order valence-electron chi connectivity index (χ2n) is 13.5. The zero-order chi connectivity index (χ0) is 33.6. The number of amides is 4. The third-order valence-electron chi connectivity index (χ3n) is 7.25. The van der Waals surface area contributed by atoms with Crippen LogP contribution in [0.4, 0.5) is 14.4 Å². The van der Waals surface area contributed by atoms with Gasteiger partial charge in [-0.1, -0.05) is 44.0 Å². The first-order chi connectivity index (χ1) is 20.7. The van der Waals surface area contributed by atoms with Gasteiger partial charge < -0.3 is 29.0 Å². The molecule has 1 aromatic rings. The summed E-state index contributed by atoms with van der Waals surface area (Å²) in [5.74, 6) is -0.423. The highest BCUT2D eigenvalue weighted by molar-refractivity contribution is 9.25. The van der Waals surface area contributed by atoms with Gasteiger partial charge in [-0.3, -0.25) is 10.2 Å². The molecule has 3 heterocycles. The van der Waals surface area contributed by atoms with E-state index in [1.807, 2.05) is 12.1 Å². The molecule has 1 unspecified atom stereocenters. The van der Waals surface area contributed by atoms with Crippen molar-refractivity contribution < 1.29 is 38.1 Å². The Morgan fingerprint density at radius 3 is 2.20 bits per heavy atom. The molecule has 3 atom stereocenters. The number of hydrogen-bond donors (Lipinski definition) is 2. The molecule has 2 saturated heterocycles. The molecule has 0 saturated carbocycles. The molecule has 2 fully saturated rings. The third-order valence-corrected chi connectivity index (χ3v) is 9.21. The highest BCUT2D eigenvalue weighted by Crippen LogP contribution is 2.57. The first kappa shape index (κ1) is 35.2. The van der Waals surface area contributed by atoms with Gasteiger partial charge in [0.1, 0.15) is 32.3 Å². The molecular formula is C30H43Br2N5O8. The molecule has 250 valence electrons. The number of alkyl carbamates (subject to hydrolysis) is 1. The number of urea groups is 1. The van der Waals surface area contributed by atoms with Crippen LogP contribution in [0.2, 0.25) is 0 Å². The number of methoxy groups -OCH3 is 1. The number of alkyl halides is 2. The maximum atomic E-state index is 14.2. The van der Waals surface area contributed by atoms with Crippen LogP contribution < -0.4 is 15.4 Å². The lowest BCUT2D eigenvalue weighted by molar-refractivity contribution is -0.146. The lowest BCUT2D eigenvalue weighted by Gasteiger charge is -2.50. The van der Waals surface area contributed by atoms with Crippen LogP contribution in [0.1, 0.15) is 67.4 Å². The minimum absolute atomic E-state index is 0.113. The largest absolute Gasteiger partial charge is 0.497 e. The van der Waals surface area contributed by atoms with Crippen LogP contribution in [0.25, 0.3) is 0 Å². The van der Waals surface area contributed by atoms with Crippen molar-refractivity contribution in [3.8, 4) is 5.75 Å². The van der Waals surface area contributed by atoms with E-state index in [9.17, 15) is 14.4 Å². The zero-order valence-electron chi connectivity index (χ0n) is 27.2. The summed E-state index contributed by atoms with van der Waals surface area (Å²) in [6.07, 6.45) is -2.05. The van der Waals surface area contributed by atoms with Crippen LogP contribution >= 0.6 is 31.9 Å². The Balaban J connectivity index is 1.81. The normalized spacial score (nSPS) is 25.6. The van der Waals surface area contributed by atoms with E-state index in [0.29, 0.717) is 12.2 Å². The van der Waals surface area contributed by atoms with Crippen LogP contribution in [-0.4, -0.2) is 92.3 Å². The van der Waals surface area contributed by atoms with Crippen LogP contribution in [0.5, 0.6) is 5.75 Å². The lowest BCUT2D eigenvalue weighted by Crippen LogP contribution is -2.74. The van der Waals surface area contributed by atoms with Gasteiger partial charge in [0.25, 0.3) is 0 Å². The molecule has 3 aliphatic rings. The lowest BCUT2D eigenvalue weighted by atomic mass is 9.92. The maximum absolute atomic E-state index is 14.2. The van der Waals surface area contributed by atoms with E-state index in [-0.39, 0.29) is 25.7 Å². The Labute approximate surface area is 280 Å². The van der Waals surface area contributed by atoms with E-state index in [1.54, 1.807) is 74.6 Å². The number of aliphatic imine (C=N–C) groups is 1. The fourth-order valence-corrected chi connectivity index (χ4v) is 7.15. The molecule has 0 aliphatic carbocycles. The van der Waals surface area contributed by atoms with Crippen molar-refractivity contribution in [1.82, 2.24) is 20.4 Å². The summed E-state index contributed by atoms with van der Waals surface area (Å²) < 4.78 is 27.7. The van der Waals surface area contributed by atoms with Gasteiger partial charge in [0.2, 0.25) is 5.96 Å². The summed E-state index contributed by atoms with van der Waals surface area (Å²) >= 11 is 7.62. The molecule has 2 N–H and O–H groups in total. The summed E-state index contributed by atoms with van der Waals surface area (Å²) in [5.41, 5.74) is -2.55. The monoisotopic (exact) mass is 759 g/mol. The van der Waals surface area contributed by atoms with Crippen molar-refractivity contribution >= 4 is 56.0 Å². The van der Waals surface area contributed by atoms with E-state index in [0.717, 1.165) is 5.56 Å². The molecule has 3 aliphatic heterocycles. The van der Waals surface area contributed by atoms with E-state index in [2.05, 4.69) is 42.5 Å². The van der Waals surface area contributed by atoms with Crippen LogP contribution in [-0.2, 0) is 25.5 Å². The topological polar surface area (TPSA) is 140 Å². The van der Waals surface area contributed by atoms with Crippen LogP contribution in [0.15, 0.2) is 29.3 Å². The van der Waals surface area contributed by atoms with E-state index in [1.165, 1.54) is 9.80 Å². The average molecular weight is 762 g/mol. The van der Waals surface area contributed by atoms with Gasteiger partial charge >= 0.3 is 18.2 Å². The molecule has 45 heavy (non-hydrogen) atoms. The molecule has 0 bridgehead atoms.